The number of anilines is 1. The summed E-state index contributed by atoms with van der Waals surface area (Å²) in [6.45, 7) is 4.28. The summed E-state index contributed by atoms with van der Waals surface area (Å²) in [4.78, 5) is 50.3. The summed E-state index contributed by atoms with van der Waals surface area (Å²) in [6, 6.07) is 2.11. The normalized spacial score (nSPS) is 14.1. The number of esters is 2. The fourth-order valence-electron chi connectivity index (χ4n) is 3.07. The van der Waals surface area contributed by atoms with Gasteiger partial charge in [-0.1, -0.05) is 18.7 Å². The highest BCUT2D eigenvalue weighted by atomic mass is 32.2. The highest BCUT2D eigenvalue weighted by Gasteiger charge is 2.26. The number of carbonyl (C=O) groups excluding carboxylic acids is 3. The molecule has 1 aliphatic heterocycles. The molecule has 9 nitrogen and oxygen atoms in total. The first kappa shape index (κ1) is 22.3. The summed E-state index contributed by atoms with van der Waals surface area (Å²) < 4.78 is 9.28. The van der Waals surface area contributed by atoms with Gasteiger partial charge in [0.15, 0.2) is 5.16 Å². The molecule has 1 saturated heterocycles. The van der Waals surface area contributed by atoms with Crippen LogP contribution in [0.4, 0.5) is 5.82 Å². The first-order chi connectivity index (χ1) is 14.4. The number of methoxy groups -OCH3 is 2. The Hall–Kier alpha value is -2.40. The maximum atomic E-state index is 12.2. The summed E-state index contributed by atoms with van der Waals surface area (Å²) in [5, 5.41) is 1.50. The molecule has 2 aromatic rings. The van der Waals surface area contributed by atoms with Gasteiger partial charge in [0.1, 0.15) is 17.1 Å². The second-order valence-electron chi connectivity index (χ2n) is 6.60. The molecule has 0 N–H and O–H groups in total. The van der Waals surface area contributed by atoms with E-state index in [9.17, 15) is 14.4 Å². The van der Waals surface area contributed by atoms with Crippen molar-refractivity contribution in [3.05, 3.63) is 10.9 Å². The molecule has 3 rings (SSSR count). The molecule has 3 heterocycles. The average molecular weight is 453 g/mol. The number of ether oxygens (including phenoxy) is 2. The molecular formula is C19H24N4O5S2. The van der Waals surface area contributed by atoms with E-state index >= 15 is 0 Å². The lowest BCUT2D eigenvalue weighted by molar-refractivity contribution is -0.147. The second-order valence-corrected chi connectivity index (χ2v) is 8.66. The van der Waals surface area contributed by atoms with Gasteiger partial charge in [0.2, 0.25) is 5.91 Å². The Labute approximate surface area is 182 Å². The number of aryl methyl sites for hydroxylation is 1. The molecule has 1 fully saturated rings. The molecule has 162 valence electrons. The van der Waals surface area contributed by atoms with Crippen molar-refractivity contribution in [2.45, 2.75) is 24.9 Å². The SMILES string of the molecule is CCc1cc2c(N3CCN(C(=O)CC(=O)OC)CC3)nc(SCC(=O)OC)nc2s1. The summed E-state index contributed by atoms with van der Waals surface area (Å²) in [7, 11) is 2.63. The van der Waals surface area contributed by atoms with Gasteiger partial charge in [-0.2, -0.15) is 0 Å². The van der Waals surface area contributed by atoms with Crippen molar-refractivity contribution in [1.29, 1.82) is 0 Å². The van der Waals surface area contributed by atoms with Crippen molar-refractivity contribution < 1.29 is 23.9 Å². The molecule has 0 atom stereocenters. The van der Waals surface area contributed by atoms with E-state index in [1.807, 2.05) is 0 Å². The highest BCUT2D eigenvalue weighted by Crippen LogP contribution is 2.33. The van der Waals surface area contributed by atoms with Crippen molar-refractivity contribution in [2.24, 2.45) is 0 Å². The van der Waals surface area contributed by atoms with E-state index in [1.54, 1.807) is 16.2 Å². The lowest BCUT2D eigenvalue weighted by Crippen LogP contribution is -2.49. The molecule has 1 aliphatic rings. The summed E-state index contributed by atoms with van der Waals surface area (Å²) in [5.74, 6) is -0.139. The van der Waals surface area contributed by atoms with Gasteiger partial charge >= 0.3 is 11.9 Å². The molecule has 0 radical (unpaired) electrons. The third kappa shape index (κ3) is 5.20. The van der Waals surface area contributed by atoms with E-state index < -0.39 is 5.97 Å². The number of hydrogen-bond acceptors (Lipinski definition) is 10. The number of hydrogen-bond donors (Lipinski definition) is 0. The largest absolute Gasteiger partial charge is 0.469 e. The molecule has 2 aromatic heterocycles. The van der Waals surface area contributed by atoms with Crippen molar-refractivity contribution in [1.82, 2.24) is 14.9 Å². The van der Waals surface area contributed by atoms with E-state index in [1.165, 1.54) is 30.9 Å². The first-order valence-corrected chi connectivity index (χ1v) is 11.3. The van der Waals surface area contributed by atoms with Crippen molar-refractivity contribution in [3.63, 3.8) is 0 Å². The quantitative estimate of drug-likeness (QED) is 0.269. The van der Waals surface area contributed by atoms with Gasteiger partial charge in [0, 0.05) is 31.1 Å². The Morgan fingerprint density at radius 3 is 2.43 bits per heavy atom. The predicted octanol–water partition coefficient (Wildman–Crippen LogP) is 1.73. The number of amides is 1. The summed E-state index contributed by atoms with van der Waals surface area (Å²) in [6.07, 6.45) is 0.661. The lowest BCUT2D eigenvalue weighted by Gasteiger charge is -2.35. The van der Waals surface area contributed by atoms with Crippen LogP contribution in [-0.2, 0) is 30.3 Å². The molecular weight excluding hydrogens is 428 g/mol. The number of thioether (sulfide) groups is 1. The van der Waals surface area contributed by atoms with Gasteiger partial charge in [-0.05, 0) is 12.5 Å². The van der Waals surface area contributed by atoms with E-state index in [0.29, 0.717) is 31.3 Å². The fourth-order valence-corrected chi connectivity index (χ4v) is 4.77. The number of thiophene rings is 1. The Morgan fingerprint density at radius 1 is 1.10 bits per heavy atom. The van der Waals surface area contributed by atoms with Gasteiger partial charge in [-0.3, -0.25) is 14.4 Å². The number of aromatic nitrogens is 2. The standard InChI is InChI=1S/C19H24N4O5S2/c1-4-12-9-13-17(20-19(21-18(13)30-12)29-11-16(26)28-3)23-7-5-22(6-8-23)14(24)10-15(25)27-2/h9H,4-8,10-11H2,1-3H3. The van der Waals surface area contributed by atoms with Crippen LogP contribution in [0.5, 0.6) is 0 Å². The van der Waals surface area contributed by atoms with E-state index in [0.717, 1.165) is 22.5 Å². The zero-order valence-electron chi connectivity index (χ0n) is 17.2. The van der Waals surface area contributed by atoms with Crippen molar-refractivity contribution in [2.75, 3.05) is 51.1 Å². The van der Waals surface area contributed by atoms with Gasteiger partial charge in [-0.15, -0.1) is 11.3 Å². The molecule has 30 heavy (non-hydrogen) atoms. The van der Waals surface area contributed by atoms with E-state index in [2.05, 4.69) is 27.6 Å². The lowest BCUT2D eigenvalue weighted by atomic mass is 10.2. The Morgan fingerprint density at radius 2 is 1.80 bits per heavy atom. The molecule has 0 saturated carbocycles. The third-order valence-corrected chi connectivity index (χ3v) is 6.75. The molecule has 0 aliphatic carbocycles. The van der Waals surface area contributed by atoms with Crippen LogP contribution in [0.3, 0.4) is 0 Å². The van der Waals surface area contributed by atoms with Crippen LogP contribution in [0.25, 0.3) is 10.2 Å². The maximum Gasteiger partial charge on any atom is 0.316 e. The molecule has 0 aromatic carbocycles. The van der Waals surface area contributed by atoms with Crippen LogP contribution in [0.2, 0.25) is 0 Å². The van der Waals surface area contributed by atoms with Gasteiger partial charge < -0.3 is 19.3 Å². The first-order valence-electron chi connectivity index (χ1n) is 9.54. The van der Waals surface area contributed by atoms with Crippen LogP contribution < -0.4 is 4.90 Å². The monoisotopic (exact) mass is 452 g/mol. The zero-order valence-corrected chi connectivity index (χ0v) is 18.8. The van der Waals surface area contributed by atoms with Crippen LogP contribution in [0.15, 0.2) is 11.2 Å². The van der Waals surface area contributed by atoms with Crippen LogP contribution >= 0.6 is 23.1 Å². The molecule has 0 spiro atoms. The Kier molecular flexibility index (Phi) is 7.48. The predicted molar refractivity (Wildman–Crippen MR) is 115 cm³/mol. The van der Waals surface area contributed by atoms with Crippen LogP contribution in [-0.4, -0.2) is 78.9 Å². The highest BCUT2D eigenvalue weighted by molar-refractivity contribution is 7.99. The molecule has 0 bridgehead atoms. The zero-order chi connectivity index (χ0) is 21.7. The molecule has 0 unspecified atom stereocenters. The molecule has 1 amide bonds. The topological polar surface area (TPSA) is 102 Å². The summed E-state index contributed by atoms with van der Waals surface area (Å²) in [5.41, 5.74) is 0. The minimum absolute atomic E-state index is 0.142. The number of piperazine rings is 1. The number of carbonyl (C=O) groups is 3. The summed E-state index contributed by atoms with van der Waals surface area (Å²) >= 11 is 2.87. The minimum Gasteiger partial charge on any atom is -0.469 e. The van der Waals surface area contributed by atoms with Gasteiger partial charge in [0.25, 0.3) is 0 Å². The van der Waals surface area contributed by atoms with Crippen molar-refractivity contribution >= 4 is 57.0 Å². The van der Waals surface area contributed by atoms with E-state index in [4.69, 9.17) is 9.72 Å². The third-order valence-electron chi connectivity index (χ3n) is 4.75. The fraction of sp³-hybridized carbons (Fsp3) is 0.526. The van der Waals surface area contributed by atoms with E-state index in [-0.39, 0.29) is 24.1 Å². The number of rotatable bonds is 7. The van der Waals surface area contributed by atoms with Gasteiger partial charge in [-0.25, -0.2) is 9.97 Å². The van der Waals surface area contributed by atoms with Crippen LogP contribution in [0, 0.1) is 0 Å². The second kappa shape index (κ2) is 10.1. The Bertz CT molecular complexity index is 940. The minimum atomic E-state index is -0.530. The van der Waals surface area contributed by atoms with Gasteiger partial charge in [0.05, 0.1) is 25.4 Å². The number of fused-ring (bicyclic) bond motifs is 1. The Balaban J connectivity index is 1.78. The van der Waals surface area contributed by atoms with Crippen LogP contribution in [0.1, 0.15) is 18.2 Å². The maximum absolute atomic E-state index is 12.2. The smallest absolute Gasteiger partial charge is 0.316 e. The average Bonchev–Trinajstić information content (AvgIpc) is 3.20. The van der Waals surface area contributed by atoms with Crippen molar-refractivity contribution in [3.8, 4) is 0 Å². The molecule has 11 heteroatoms. The number of nitrogens with zero attached hydrogens (tertiary/aromatic N) is 4.